The molecule has 0 saturated heterocycles. The van der Waals surface area contributed by atoms with Crippen LogP contribution in [0.3, 0.4) is 0 Å². The number of esters is 1. The van der Waals surface area contributed by atoms with E-state index >= 15 is 0 Å². The Hall–Kier alpha value is -2.04. The van der Waals surface area contributed by atoms with Gasteiger partial charge in [0.15, 0.2) is 0 Å². The third-order valence-corrected chi connectivity index (χ3v) is 8.00. The van der Waals surface area contributed by atoms with Crippen LogP contribution in [-0.2, 0) is 16.0 Å². The van der Waals surface area contributed by atoms with Crippen LogP contribution in [0.25, 0.3) is 0 Å². The Morgan fingerprint density at radius 1 is 0.914 bits per heavy atom. The van der Waals surface area contributed by atoms with E-state index in [0.717, 1.165) is 59.1 Å². The quantitative estimate of drug-likeness (QED) is 0.193. The summed E-state index contributed by atoms with van der Waals surface area (Å²) in [5.41, 5.74) is 8.60. The average molecular weight is 488 g/mol. The summed E-state index contributed by atoms with van der Waals surface area (Å²) in [6, 6.07) is 0. The molecule has 0 radical (unpaired) electrons. The largest absolute Gasteiger partial charge is 0.487 e. The lowest BCUT2D eigenvalue weighted by Crippen LogP contribution is -2.37. The van der Waals surface area contributed by atoms with Crippen molar-refractivity contribution in [3.8, 4) is 11.5 Å². The first kappa shape index (κ1) is 29.2. The maximum atomic E-state index is 11.8. The highest BCUT2D eigenvalue weighted by atomic mass is 16.5. The average Bonchev–Trinajstić information content (AvgIpc) is 2.78. The molecule has 35 heavy (non-hydrogen) atoms. The van der Waals surface area contributed by atoms with Crippen molar-refractivity contribution >= 4 is 11.9 Å². The van der Waals surface area contributed by atoms with Gasteiger partial charge in [-0.3, -0.25) is 4.79 Å². The molecule has 1 aliphatic rings. The number of carbonyl (C=O) groups is 2. The minimum Gasteiger partial charge on any atom is -0.487 e. The first-order chi connectivity index (χ1) is 16.3. The van der Waals surface area contributed by atoms with Gasteiger partial charge in [-0.1, -0.05) is 66.2 Å². The van der Waals surface area contributed by atoms with Crippen LogP contribution < -0.4 is 15.2 Å². The highest BCUT2D eigenvalue weighted by Crippen LogP contribution is 2.45. The molecule has 0 fully saturated rings. The zero-order valence-corrected chi connectivity index (χ0v) is 23.5. The summed E-state index contributed by atoms with van der Waals surface area (Å²) in [4.78, 5) is 23.0. The highest BCUT2D eigenvalue weighted by molar-refractivity contribution is 6.32. The Bertz CT molecular complexity index is 891. The Morgan fingerprint density at radius 3 is 2.06 bits per heavy atom. The van der Waals surface area contributed by atoms with E-state index < -0.39 is 11.9 Å². The molecule has 2 rings (SSSR count). The van der Waals surface area contributed by atoms with Crippen molar-refractivity contribution in [1.82, 2.24) is 0 Å². The van der Waals surface area contributed by atoms with Gasteiger partial charge in [0.1, 0.15) is 17.1 Å². The molecular formula is C30H49NO4. The number of amides is 1. The van der Waals surface area contributed by atoms with Gasteiger partial charge in [-0.2, -0.15) is 0 Å². The van der Waals surface area contributed by atoms with Gasteiger partial charge >= 0.3 is 11.9 Å². The van der Waals surface area contributed by atoms with Crippen LogP contribution in [0.2, 0.25) is 0 Å². The number of hydrogen-bond donors (Lipinski definition) is 1. The minimum atomic E-state index is -1.09. The fourth-order valence-electron chi connectivity index (χ4n) is 5.28. The molecule has 1 aromatic rings. The van der Waals surface area contributed by atoms with Crippen molar-refractivity contribution in [2.45, 2.75) is 125 Å². The van der Waals surface area contributed by atoms with E-state index in [9.17, 15) is 9.59 Å². The number of rotatable bonds is 12. The predicted octanol–water partition coefficient (Wildman–Crippen LogP) is 7.14. The monoisotopic (exact) mass is 487 g/mol. The molecule has 1 unspecified atom stereocenters. The summed E-state index contributed by atoms with van der Waals surface area (Å²) in [5, 5.41) is 0. The van der Waals surface area contributed by atoms with E-state index in [-0.39, 0.29) is 5.60 Å². The molecule has 5 nitrogen and oxygen atoms in total. The van der Waals surface area contributed by atoms with E-state index in [1.165, 1.54) is 44.9 Å². The number of benzene rings is 1. The van der Waals surface area contributed by atoms with Gasteiger partial charge < -0.3 is 15.2 Å². The topological polar surface area (TPSA) is 78.6 Å². The second kappa shape index (κ2) is 12.8. The van der Waals surface area contributed by atoms with Gasteiger partial charge in [0.25, 0.3) is 0 Å². The Balaban J connectivity index is 1.92. The summed E-state index contributed by atoms with van der Waals surface area (Å²) in [6.07, 6.45) is 12.0. The first-order valence-corrected chi connectivity index (χ1v) is 13.7. The standard InChI is InChI=1S/C30H49NO4/c1-19(2)11-9-12-20(3)13-10-14-21(4)15-17-30(8)18-16-25-24(7)26(34-29(33)28(31)32)22(5)23(6)27(25)35-30/h19-21H,9-18H2,1-8H3,(H2,31,32)/t20-,21-,30?/m1/s1. The molecule has 198 valence electrons. The van der Waals surface area contributed by atoms with Crippen LogP contribution in [0, 0.1) is 38.5 Å². The molecule has 1 aromatic carbocycles. The number of primary amides is 1. The van der Waals surface area contributed by atoms with E-state index in [2.05, 4.69) is 34.6 Å². The van der Waals surface area contributed by atoms with Gasteiger partial charge in [-0.05, 0) is 87.8 Å². The third-order valence-electron chi connectivity index (χ3n) is 8.00. The number of fused-ring (bicyclic) bond motifs is 1. The SMILES string of the molecule is Cc1c(C)c2c(c(C)c1OC(=O)C(N)=O)CCC(C)(CC[C@H](C)CCC[C@H](C)CCCC(C)C)O2. The van der Waals surface area contributed by atoms with Crippen molar-refractivity contribution in [1.29, 1.82) is 0 Å². The lowest BCUT2D eigenvalue weighted by atomic mass is 9.83. The van der Waals surface area contributed by atoms with Gasteiger partial charge in [0.2, 0.25) is 0 Å². The van der Waals surface area contributed by atoms with Crippen LogP contribution in [0.15, 0.2) is 0 Å². The van der Waals surface area contributed by atoms with E-state index in [1.54, 1.807) is 0 Å². The van der Waals surface area contributed by atoms with Crippen LogP contribution >= 0.6 is 0 Å². The maximum absolute atomic E-state index is 11.8. The third kappa shape index (κ3) is 8.25. The molecule has 0 aromatic heterocycles. The van der Waals surface area contributed by atoms with Gasteiger partial charge in [-0.15, -0.1) is 0 Å². The number of nitrogens with two attached hydrogens (primary N) is 1. The first-order valence-electron chi connectivity index (χ1n) is 13.7. The molecule has 1 amide bonds. The fourth-order valence-corrected chi connectivity index (χ4v) is 5.28. The number of hydrogen-bond acceptors (Lipinski definition) is 4. The number of ether oxygens (including phenoxy) is 2. The van der Waals surface area contributed by atoms with Crippen LogP contribution in [0.1, 0.15) is 115 Å². The second-order valence-electron chi connectivity index (χ2n) is 11.8. The van der Waals surface area contributed by atoms with Crippen molar-refractivity contribution < 1.29 is 19.1 Å². The smallest absolute Gasteiger partial charge is 0.401 e. The minimum absolute atomic E-state index is 0.194. The van der Waals surface area contributed by atoms with E-state index in [0.29, 0.717) is 11.7 Å². The lowest BCUT2D eigenvalue weighted by Gasteiger charge is -2.38. The normalized spacial score (nSPS) is 19.1. The molecule has 3 atom stereocenters. The zero-order valence-electron chi connectivity index (χ0n) is 23.5. The van der Waals surface area contributed by atoms with E-state index in [1.807, 2.05) is 20.8 Å². The summed E-state index contributed by atoms with van der Waals surface area (Å²) in [5.74, 6) is 1.57. The van der Waals surface area contributed by atoms with Crippen molar-refractivity contribution in [2.75, 3.05) is 0 Å². The molecule has 1 aliphatic heterocycles. The Kier molecular flexibility index (Phi) is 10.7. The summed E-state index contributed by atoms with van der Waals surface area (Å²) in [7, 11) is 0. The maximum Gasteiger partial charge on any atom is 0.401 e. The predicted molar refractivity (Wildman–Crippen MR) is 143 cm³/mol. The summed E-state index contributed by atoms with van der Waals surface area (Å²) in [6.45, 7) is 17.4. The van der Waals surface area contributed by atoms with Crippen LogP contribution in [0.4, 0.5) is 0 Å². The summed E-state index contributed by atoms with van der Waals surface area (Å²) < 4.78 is 12.0. The molecular weight excluding hydrogens is 438 g/mol. The highest BCUT2D eigenvalue weighted by Gasteiger charge is 2.35. The van der Waals surface area contributed by atoms with Gasteiger partial charge in [0.05, 0.1) is 0 Å². The Labute approximate surface area is 213 Å². The molecule has 2 N–H and O–H groups in total. The Morgan fingerprint density at radius 2 is 1.49 bits per heavy atom. The fraction of sp³-hybridized carbons (Fsp3) is 0.733. The van der Waals surface area contributed by atoms with Crippen LogP contribution in [0.5, 0.6) is 11.5 Å². The molecule has 0 saturated carbocycles. The molecule has 0 bridgehead atoms. The lowest BCUT2D eigenvalue weighted by molar-refractivity contribution is -0.146. The number of carbonyl (C=O) groups excluding carboxylic acids is 2. The summed E-state index contributed by atoms with van der Waals surface area (Å²) >= 11 is 0. The van der Waals surface area contributed by atoms with E-state index in [4.69, 9.17) is 15.2 Å². The van der Waals surface area contributed by atoms with Gasteiger partial charge in [-0.25, -0.2) is 4.79 Å². The van der Waals surface area contributed by atoms with Crippen molar-refractivity contribution in [3.63, 3.8) is 0 Å². The van der Waals surface area contributed by atoms with Crippen molar-refractivity contribution in [2.24, 2.45) is 23.5 Å². The molecule has 0 spiro atoms. The second-order valence-corrected chi connectivity index (χ2v) is 11.8. The molecule has 1 heterocycles. The molecule has 5 heteroatoms. The van der Waals surface area contributed by atoms with Crippen LogP contribution in [-0.4, -0.2) is 17.5 Å². The van der Waals surface area contributed by atoms with Crippen molar-refractivity contribution in [3.05, 3.63) is 22.3 Å². The van der Waals surface area contributed by atoms with Gasteiger partial charge in [0, 0.05) is 5.56 Å². The molecule has 0 aliphatic carbocycles. The zero-order chi connectivity index (χ0) is 26.3.